The summed E-state index contributed by atoms with van der Waals surface area (Å²) in [5, 5.41) is 10.5. The highest BCUT2D eigenvalue weighted by Crippen LogP contribution is 2.23. The van der Waals surface area contributed by atoms with Gasteiger partial charge in [0.05, 0.1) is 25.6 Å². The molecule has 0 saturated heterocycles. The maximum absolute atomic E-state index is 5.16. The van der Waals surface area contributed by atoms with Crippen molar-refractivity contribution in [2.75, 3.05) is 27.4 Å². The Bertz CT molecular complexity index is 494. The van der Waals surface area contributed by atoms with Crippen molar-refractivity contribution in [3.05, 3.63) is 36.0 Å². The SMILES string of the molecule is COCCNCc1cn[nH]c1-c1ccc(OC)cc1. The third-order valence-corrected chi connectivity index (χ3v) is 2.89. The summed E-state index contributed by atoms with van der Waals surface area (Å²) in [7, 11) is 3.36. The molecule has 1 heterocycles. The van der Waals surface area contributed by atoms with E-state index in [1.807, 2.05) is 30.5 Å². The molecule has 0 aliphatic carbocycles. The zero-order valence-corrected chi connectivity index (χ0v) is 11.3. The summed E-state index contributed by atoms with van der Waals surface area (Å²) >= 11 is 0. The van der Waals surface area contributed by atoms with Gasteiger partial charge in [-0.1, -0.05) is 0 Å². The molecule has 0 amide bonds. The number of methoxy groups -OCH3 is 2. The highest BCUT2D eigenvalue weighted by Gasteiger charge is 2.07. The summed E-state index contributed by atoms with van der Waals surface area (Å²) < 4.78 is 10.2. The van der Waals surface area contributed by atoms with E-state index in [9.17, 15) is 0 Å². The van der Waals surface area contributed by atoms with Gasteiger partial charge in [-0.25, -0.2) is 0 Å². The van der Waals surface area contributed by atoms with Crippen molar-refractivity contribution < 1.29 is 9.47 Å². The minimum absolute atomic E-state index is 0.704. The standard InChI is InChI=1S/C14H19N3O2/c1-18-8-7-15-9-12-10-16-17-14(12)11-3-5-13(19-2)6-4-11/h3-6,10,15H,7-9H2,1-2H3,(H,16,17). The first-order valence-electron chi connectivity index (χ1n) is 6.21. The number of H-pyrrole nitrogens is 1. The number of aromatic amines is 1. The van der Waals surface area contributed by atoms with Gasteiger partial charge in [-0.15, -0.1) is 0 Å². The summed E-state index contributed by atoms with van der Waals surface area (Å²) in [4.78, 5) is 0. The predicted molar refractivity (Wildman–Crippen MR) is 74.2 cm³/mol. The molecule has 0 spiro atoms. The third kappa shape index (κ3) is 3.56. The normalized spacial score (nSPS) is 10.6. The van der Waals surface area contributed by atoms with Crippen molar-refractivity contribution in [1.29, 1.82) is 0 Å². The number of rotatable bonds is 7. The zero-order chi connectivity index (χ0) is 13.5. The lowest BCUT2D eigenvalue weighted by Crippen LogP contribution is -2.18. The first-order chi connectivity index (χ1) is 9.35. The number of benzene rings is 1. The summed E-state index contributed by atoms with van der Waals surface area (Å²) in [6.07, 6.45) is 1.85. The fourth-order valence-corrected chi connectivity index (χ4v) is 1.85. The molecule has 1 aromatic carbocycles. The number of hydrogen-bond acceptors (Lipinski definition) is 4. The Kier molecular flexibility index (Phi) is 4.94. The lowest BCUT2D eigenvalue weighted by molar-refractivity contribution is 0.199. The first-order valence-corrected chi connectivity index (χ1v) is 6.21. The fourth-order valence-electron chi connectivity index (χ4n) is 1.85. The molecule has 5 nitrogen and oxygen atoms in total. The molecule has 5 heteroatoms. The fraction of sp³-hybridized carbons (Fsp3) is 0.357. The van der Waals surface area contributed by atoms with Crippen molar-refractivity contribution >= 4 is 0 Å². The van der Waals surface area contributed by atoms with Crippen LogP contribution < -0.4 is 10.1 Å². The molecule has 0 aliphatic rings. The van der Waals surface area contributed by atoms with E-state index >= 15 is 0 Å². The minimum atomic E-state index is 0.704. The van der Waals surface area contributed by atoms with Gasteiger partial charge >= 0.3 is 0 Å². The van der Waals surface area contributed by atoms with E-state index in [4.69, 9.17) is 9.47 Å². The first kappa shape index (κ1) is 13.6. The topological polar surface area (TPSA) is 59.2 Å². The molecule has 0 saturated carbocycles. The average molecular weight is 261 g/mol. The van der Waals surface area contributed by atoms with Crippen molar-refractivity contribution in [2.45, 2.75) is 6.54 Å². The molecule has 0 radical (unpaired) electrons. The molecular formula is C14H19N3O2. The van der Waals surface area contributed by atoms with Crippen LogP contribution >= 0.6 is 0 Å². The van der Waals surface area contributed by atoms with Gasteiger partial charge in [0, 0.05) is 31.3 Å². The molecule has 2 rings (SSSR count). The molecule has 0 aliphatic heterocycles. The lowest BCUT2D eigenvalue weighted by Gasteiger charge is -2.06. The third-order valence-electron chi connectivity index (χ3n) is 2.89. The van der Waals surface area contributed by atoms with Crippen LogP contribution in [0.3, 0.4) is 0 Å². The summed E-state index contributed by atoms with van der Waals surface area (Å²) in [6, 6.07) is 7.92. The number of hydrogen-bond donors (Lipinski definition) is 2. The number of ether oxygens (including phenoxy) is 2. The van der Waals surface area contributed by atoms with Gasteiger partial charge in [0.1, 0.15) is 5.75 Å². The number of nitrogens with one attached hydrogen (secondary N) is 2. The second kappa shape index (κ2) is 6.92. The van der Waals surface area contributed by atoms with Crippen LogP contribution in [0.15, 0.2) is 30.5 Å². The van der Waals surface area contributed by atoms with Crippen LogP contribution in [0.25, 0.3) is 11.3 Å². The van der Waals surface area contributed by atoms with E-state index in [2.05, 4.69) is 15.5 Å². The van der Waals surface area contributed by atoms with Gasteiger partial charge in [-0.05, 0) is 24.3 Å². The van der Waals surface area contributed by atoms with Crippen LogP contribution in [0.2, 0.25) is 0 Å². The second-order valence-corrected chi connectivity index (χ2v) is 4.17. The van der Waals surface area contributed by atoms with Crippen molar-refractivity contribution in [2.24, 2.45) is 0 Å². The maximum atomic E-state index is 5.16. The van der Waals surface area contributed by atoms with Crippen molar-refractivity contribution in [3.8, 4) is 17.0 Å². The minimum Gasteiger partial charge on any atom is -0.497 e. The second-order valence-electron chi connectivity index (χ2n) is 4.17. The van der Waals surface area contributed by atoms with Crippen LogP contribution in [-0.2, 0) is 11.3 Å². The molecule has 2 N–H and O–H groups in total. The Morgan fingerprint density at radius 2 is 2.00 bits per heavy atom. The summed E-state index contributed by atoms with van der Waals surface area (Å²) in [5.74, 6) is 0.850. The molecular weight excluding hydrogens is 242 g/mol. The van der Waals surface area contributed by atoms with E-state index in [0.717, 1.165) is 35.7 Å². The summed E-state index contributed by atoms with van der Waals surface area (Å²) in [6.45, 7) is 2.29. The predicted octanol–water partition coefficient (Wildman–Crippen LogP) is 1.82. The van der Waals surface area contributed by atoms with Crippen LogP contribution in [0.5, 0.6) is 5.75 Å². The van der Waals surface area contributed by atoms with Gasteiger partial charge < -0.3 is 14.8 Å². The zero-order valence-electron chi connectivity index (χ0n) is 11.3. The van der Waals surface area contributed by atoms with Gasteiger partial charge in [-0.2, -0.15) is 5.10 Å². The maximum Gasteiger partial charge on any atom is 0.118 e. The highest BCUT2D eigenvalue weighted by molar-refractivity contribution is 5.63. The van der Waals surface area contributed by atoms with Gasteiger partial charge in [0.25, 0.3) is 0 Å². The molecule has 0 bridgehead atoms. The molecule has 0 unspecified atom stereocenters. The van der Waals surface area contributed by atoms with E-state index in [0.29, 0.717) is 6.61 Å². The Labute approximate surface area is 112 Å². The largest absolute Gasteiger partial charge is 0.497 e. The van der Waals surface area contributed by atoms with E-state index in [1.165, 1.54) is 0 Å². The van der Waals surface area contributed by atoms with Crippen LogP contribution in [0, 0.1) is 0 Å². The van der Waals surface area contributed by atoms with Crippen LogP contribution in [-0.4, -0.2) is 37.6 Å². The average Bonchev–Trinajstić information content (AvgIpc) is 2.92. The molecule has 0 atom stereocenters. The van der Waals surface area contributed by atoms with E-state index in [-0.39, 0.29) is 0 Å². The molecule has 102 valence electrons. The Morgan fingerprint density at radius 1 is 1.21 bits per heavy atom. The van der Waals surface area contributed by atoms with Gasteiger partial charge in [0.15, 0.2) is 0 Å². The van der Waals surface area contributed by atoms with Crippen LogP contribution in [0.4, 0.5) is 0 Å². The van der Waals surface area contributed by atoms with E-state index < -0.39 is 0 Å². The quantitative estimate of drug-likeness (QED) is 0.746. The molecule has 0 fully saturated rings. The Hall–Kier alpha value is -1.85. The highest BCUT2D eigenvalue weighted by atomic mass is 16.5. The van der Waals surface area contributed by atoms with E-state index in [1.54, 1.807) is 14.2 Å². The summed E-state index contributed by atoms with van der Waals surface area (Å²) in [5.41, 5.74) is 3.27. The monoisotopic (exact) mass is 261 g/mol. The van der Waals surface area contributed by atoms with Gasteiger partial charge in [-0.3, -0.25) is 5.10 Å². The Morgan fingerprint density at radius 3 is 2.68 bits per heavy atom. The Balaban J connectivity index is 2.05. The van der Waals surface area contributed by atoms with Gasteiger partial charge in [0.2, 0.25) is 0 Å². The molecule has 1 aromatic heterocycles. The number of aromatic nitrogens is 2. The lowest BCUT2D eigenvalue weighted by atomic mass is 10.1. The smallest absolute Gasteiger partial charge is 0.118 e. The molecule has 19 heavy (non-hydrogen) atoms. The van der Waals surface area contributed by atoms with Crippen LogP contribution in [0.1, 0.15) is 5.56 Å². The number of nitrogens with zero attached hydrogens (tertiary/aromatic N) is 1. The van der Waals surface area contributed by atoms with Crippen molar-refractivity contribution in [3.63, 3.8) is 0 Å². The molecule has 2 aromatic rings. The van der Waals surface area contributed by atoms with Crippen molar-refractivity contribution in [1.82, 2.24) is 15.5 Å².